The molecular formula is C46H41NS. The smallest absolute Gasteiger partial charge is 0.0503 e. The monoisotopic (exact) mass is 639 g/mol. The minimum Gasteiger partial charge on any atom is -0.310 e. The predicted octanol–water partition coefficient (Wildman–Crippen LogP) is 13.4. The molecule has 0 unspecified atom stereocenters. The van der Waals surface area contributed by atoms with Crippen LogP contribution in [0.25, 0.3) is 42.4 Å². The lowest BCUT2D eigenvalue weighted by atomic mass is 9.71. The number of nitrogens with zero attached hydrogens (tertiary/aromatic N) is 1. The van der Waals surface area contributed by atoms with Gasteiger partial charge < -0.3 is 4.90 Å². The molecule has 236 valence electrons. The van der Waals surface area contributed by atoms with Gasteiger partial charge in [0, 0.05) is 36.7 Å². The highest BCUT2D eigenvalue weighted by atomic mass is 32.1. The summed E-state index contributed by atoms with van der Waals surface area (Å²) in [6.07, 6.45) is 0. The summed E-state index contributed by atoms with van der Waals surface area (Å²) >= 11 is 1.88. The van der Waals surface area contributed by atoms with Gasteiger partial charge in [0.2, 0.25) is 0 Å². The zero-order chi connectivity index (χ0) is 33.2. The molecule has 6 aromatic carbocycles. The maximum absolute atomic E-state index is 2.53. The van der Waals surface area contributed by atoms with Crippen molar-refractivity contribution >= 4 is 48.6 Å². The summed E-state index contributed by atoms with van der Waals surface area (Å²) in [7, 11) is 0. The van der Waals surface area contributed by atoms with Gasteiger partial charge in [0.1, 0.15) is 0 Å². The Morgan fingerprint density at radius 2 is 1.12 bits per heavy atom. The van der Waals surface area contributed by atoms with E-state index in [2.05, 4.69) is 175 Å². The van der Waals surface area contributed by atoms with Crippen molar-refractivity contribution in [1.82, 2.24) is 0 Å². The number of fused-ring (bicyclic) bond motifs is 8. The number of hydrogen-bond acceptors (Lipinski definition) is 2. The molecule has 0 N–H and O–H groups in total. The van der Waals surface area contributed by atoms with Crippen LogP contribution in [0, 0.1) is 0 Å². The van der Waals surface area contributed by atoms with Gasteiger partial charge in [-0.2, -0.15) is 0 Å². The number of rotatable bonds is 2. The second kappa shape index (κ2) is 9.94. The van der Waals surface area contributed by atoms with Crippen LogP contribution in [0.5, 0.6) is 0 Å². The van der Waals surface area contributed by atoms with Gasteiger partial charge in [-0.05, 0) is 104 Å². The SMILES string of the molecule is CC(C)(C)c1ccc2c(c1)C(C)(C)c1cc(-c3ccc4sc5ccccc5c4c3)ccc1N2c1ccc2c(c1)C(C)(C)c1ccccc1-2. The van der Waals surface area contributed by atoms with E-state index < -0.39 is 0 Å². The Kier molecular flexibility index (Phi) is 6.10. The van der Waals surface area contributed by atoms with Gasteiger partial charge >= 0.3 is 0 Å². The van der Waals surface area contributed by atoms with Gasteiger partial charge in [-0.1, -0.05) is 121 Å². The van der Waals surface area contributed by atoms with E-state index in [-0.39, 0.29) is 16.2 Å². The van der Waals surface area contributed by atoms with Crippen LogP contribution >= 0.6 is 11.3 Å². The van der Waals surface area contributed by atoms with Crippen LogP contribution in [0.1, 0.15) is 76.3 Å². The molecule has 1 nitrogen and oxygen atoms in total. The molecule has 7 aromatic rings. The fourth-order valence-corrected chi connectivity index (χ4v) is 9.49. The van der Waals surface area contributed by atoms with Gasteiger partial charge in [-0.3, -0.25) is 0 Å². The first kappa shape index (κ1) is 29.5. The summed E-state index contributed by atoms with van der Waals surface area (Å²) in [5.41, 5.74) is 15.7. The van der Waals surface area contributed by atoms with Crippen molar-refractivity contribution in [2.45, 2.75) is 64.7 Å². The van der Waals surface area contributed by atoms with Crippen molar-refractivity contribution in [1.29, 1.82) is 0 Å². The standard InChI is InChI=1S/C46H41NS/c1-44(2,3)30-18-22-41-39(26-30)46(6,7)38-25-29(28-17-23-43-35(24-28)34-13-9-11-15-42(34)48-43)16-21-40(38)47(41)31-19-20-33-32-12-8-10-14-36(32)45(4,5)37(33)27-31/h8-27H,1-7H3. The Labute approximate surface area is 288 Å². The molecule has 0 saturated heterocycles. The minimum absolute atomic E-state index is 0.0557. The van der Waals surface area contributed by atoms with Crippen LogP contribution in [-0.4, -0.2) is 0 Å². The average Bonchev–Trinajstić information content (AvgIpc) is 3.56. The van der Waals surface area contributed by atoms with Crippen LogP contribution in [0.15, 0.2) is 121 Å². The highest BCUT2D eigenvalue weighted by Crippen LogP contribution is 2.56. The maximum atomic E-state index is 2.53. The van der Waals surface area contributed by atoms with Crippen molar-refractivity contribution in [2.24, 2.45) is 0 Å². The first-order chi connectivity index (χ1) is 22.9. The second-order valence-corrected chi connectivity index (χ2v) is 17.0. The topological polar surface area (TPSA) is 3.24 Å². The van der Waals surface area contributed by atoms with Gasteiger partial charge in [0.05, 0.1) is 11.4 Å². The fourth-order valence-electron chi connectivity index (χ4n) is 8.40. The van der Waals surface area contributed by atoms with Crippen LogP contribution in [0.4, 0.5) is 17.1 Å². The quantitative estimate of drug-likeness (QED) is 0.182. The maximum Gasteiger partial charge on any atom is 0.0503 e. The normalized spacial score (nSPS) is 15.7. The molecule has 0 spiro atoms. The summed E-state index contributed by atoms with van der Waals surface area (Å²) < 4.78 is 2.69. The lowest BCUT2D eigenvalue weighted by molar-refractivity contribution is 0.580. The van der Waals surface area contributed by atoms with Gasteiger partial charge in [-0.25, -0.2) is 0 Å². The van der Waals surface area contributed by atoms with E-state index in [0.29, 0.717) is 0 Å². The highest BCUT2D eigenvalue weighted by molar-refractivity contribution is 7.25. The molecule has 1 aromatic heterocycles. The van der Waals surface area contributed by atoms with Crippen molar-refractivity contribution in [3.05, 3.63) is 149 Å². The van der Waals surface area contributed by atoms with Gasteiger partial charge in [-0.15, -0.1) is 11.3 Å². The molecule has 9 rings (SSSR count). The van der Waals surface area contributed by atoms with Crippen LogP contribution in [0.2, 0.25) is 0 Å². The molecule has 0 fully saturated rings. The first-order valence-electron chi connectivity index (χ1n) is 17.2. The predicted molar refractivity (Wildman–Crippen MR) is 208 cm³/mol. The van der Waals surface area contributed by atoms with Crippen molar-refractivity contribution in [3.63, 3.8) is 0 Å². The van der Waals surface area contributed by atoms with E-state index >= 15 is 0 Å². The second-order valence-electron chi connectivity index (χ2n) is 15.9. The van der Waals surface area contributed by atoms with Gasteiger partial charge in [0.25, 0.3) is 0 Å². The lowest BCUT2D eigenvalue weighted by Crippen LogP contribution is -2.31. The molecule has 2 heteroatoms. The zero-order valence-electron chi connectivity index (χ0n) is 28.9. The number of thiophene rings is 1. The molecule has 1 aliphatic heterocycles. The lowest BCUT2D eigenvalue weighted by Gasteiger charge is -2.43. The molecule has 1 aliphatic carbocycles. The Morgan fingerprint density at radius 1 is 0.500 bits per heavy atom. The number of anilines is 3. The van der Waals surface area contributed by atoms with E-state index in [1.54, 1.807) is 0 Å². The molecule has 48 heavy (non-hydrogen) atoms. The fraction of sp³-hybridized carbons (Fsp3) is 0.217. The highest BCUT2D eigenvalue weighted by Gasteiger charge is 2.40. The Bertz CT molecular complexity index is 2450. The van der Waals surface area contributed by atoms with Crippen LogP contribution in [-0.2, 0) is 16.2 Å². The molecule has 2 heterocycles. The third-order valence-electron chi connectivity index (χ3n) is 11.2. The minimum atomic E-state index is -0.191. The van der Waals surface area contributed by atoms with E-state index in [9.17, 15) is 0 Å². The van der Waals surface area contributed by atoms with Gasteiger partial charge in [0.15, 0.2) is 0 Å². The summed E-state index contributed by atoms with van der Waals surface area (Å²) in [5.74, 6) is 0. The van der Waals surface area contributed by atoms with E-state index in [1.165, 1.54) is 87.3 Å². The first-order valence-corrected chi connectivity index (χ1v) is 18.0. The Morgan fingerprint density at radius 3 is 1.94 bits per heavy atom. The Balaban J connectivity index is 1.25. The zero-order valence-corrected chi connectivity index (χ0v) is 29.7. The molecule has 2 aliphatic rings. The van der Waals surface area contributed by atoms with E-state index in [0.717, 1.165) is 0 Å². The third-order valence-corrected chi connectivity index (χ3v) is 12.4. The molecule has 0 bridgehead atoms. The van der Waals surface area contributed by atoms with Crippen molar-refractivity contribution in [3.8, 4) is 22.3 Å². The largest absolute Gasteiger partial charge is 0.310 e. The summed E-state index contributed by atoms with van der Waals surface area (Å²) in [6, 6.07) is 46.2. The average molecular weight is 640 g/mol. The summed E-state index contributed by atoms with van der Waals surface area (Å²) in [4.78, 5) is 2.53. The molecule has 0 saturated carbocycles. The third kappa shape index (κ3) is 4.15. The summed E-state index contributed by atoms with van der Waals surface area (Å²) in [5, 5.41) is 2.68. The molecule has 0 radical (unpaired) electrons. The molecule has 0 amide bonds. The van der Waals surface area contributed by atoms with Crippen molar-refractivity contribution in [2.75, 3.05) is 4.90 Å². The number of benzene rings is 6. The number of hydrogen-bond donors (Lipinski definition) is 0. The van der Waals surface area contributed by atoms with E-state index in [4.69, 9.17) is 0 Å². The van der Waals surface area contributed by atoms with E-state index in [1.807, 2.05) is 11.3 Å². The molecule has 0 atom stereocenters. The molecular weight excluding hydrogens is 599 g/mol. The Hall–Kier alpha value is -4.66. The van der Waals surface area contributed by atoms with Crippen LogP contribution < -0.4 is 4.90 Å². The van der Waals surface area contributed by atoms with Crippen LogP contribution in [0.3, 0.4) is 0 Å². The van der Waals surface area contributed by atoms with Crippen molar-refractivity contribution < 1.29 is 0 Å². The summed E-state index contributed by atoms with van der Waals surface area (Å²) in [6.45, 7) is 16.5.